The summed E-state index contributed by atoms with van der Waals surface area (Å²) in [6.45, 7) is 3.55. The van der Waals surface area contributed by atoms with Gasteiger partial charge in [-0.05, 0) is 34.5 Å². The zero-order chi connectivity index (χ0) is 12.8. The molecular weight excluding hydrogens is 296 g/mol. The molecule has 2 aromatic rings. The lowest BCUT2D eigenvalue weighted by molar-refractivity contribution is 0.517. The van der Waals surface area contributed by atoms with Crippen molar-refractivity contribution in [2.24, 2.45) is 0 Å². The minimum Gasteiger partial charge on any atom is -0.467 e. The maximum Gasteiger partial charge on any atom is 0.224 e. The first kappa shape index (κ1) is 12.9. The molecule has 0 aliphatic rings. The minimum absolute atomic E-state index is 0.593. The molecule has 2 aromatic heterocycles. The van der Waals surface area contributed by atoms with E-state index in [2.05, 4.69) is 43.5 Å². The van der Waals surface area contributed by atoms with Crippen LogP contribution in [-0.2, 0) is 6.54 Å². The molecule has 0 unspecified atom stereocenters. The molecule has 0 spiro atoms. The predicted octanol–water partition coefficient (Wildman–Crippen LogP) is 3.27. The van der Waals surface area contributed by atoms with Crippen LogP contribution in [0, 0.1) is 0 Å². The van der Waals surface area contributed by atoms with Crippen molar-refractivity contribution in [3.63, 3.8) is 0 Å². The molecule has 0 amide bonds. The van der Waals surface area contributed by atoms with E-state index in [0.29, 0.717) is 12.5 Å². The summed E-state index contributed by atoms with van der Waals surface area (Å²) in [4.78, 5) is 8.58. The normalized spacial score (nSPS) is 10.3. The van der Waals surface area contributed by atoms with Crippen LogP contribution in [0.3, 0.4) is 0 Å². The lowest BCUT2D eigenvalue weighted by Gasteiger charge is -2.08. The standard InChI is InChI=1S/C12H15BrN4O/c1-2-5-14-12-16-8-10(13)11(17-12)15-7-9-4-3-6-18-9/h3-4,6,8H,2,5,7H2,1H3,(H2,14,15,16,17). The van der Waals surface area contributed by atoms with Crippen LogP contribution in [0.4, 0.5) is 11.8 Å². The number of nitrogens with one attached hydrogen (secondary N) is 2. The molecule has 0 radical (unpaired) electrons. The van der Waals surface area contributed by atoms with Crippen LogP contribution in [0.15, 0.2) is 33.5 Å². The van der Waals surface area contributed by atoms with Crippen LogP contribution in [0.25, 0.3) is 0 Å². The van der Waals surface area contributed by atoms with Gasteiger partial charge in [0.1, 0.15) is 11.6 Å². The molecular formula is C12H15BrN4O. The van der Waals surface area contributed by atoms with Gasteiger partial charge in [-0.2, -0.15) is 4.98 Å². The number of furan rings is 1. The van der Waals surface area contributed by atoms with Gasteiger partial charge < -0.3 is 15.1 Å². The summed E-state index contributed by atoms with van der Waals surface area (Å²) in [6.07, 6.45) is 4.42. The number of rotatable bonds is 6. The Hall–Kier alpha value is -1.56. The summed E-state index contributed by atoms with van der Waals surface area (Å²) < 4.78 is 6.08. The van der Waals surface area contributed by atoms with Crippen molar-refractivity contribution in [2.75, 3.05) is 17.2 Å². The van der Waals surface area contributed by atoms with Gasteiger partial charge in [-0.3, -0.25) is 0 Å². The molecule has 0 fully saturated rings. The zero-order valence-corrected chi connectivity index (χ0v) is 11.7. The van der Waals surface area contributed by atoms with Crippen molar-refractivity contribution in [3.8, 4) is 0 Å². The number of aromatic nitrogens is 2. The van der Waals surface area contributed by atoms with Crippen LogP contribution in [-0.4, -0.2) is 16.5 Å². The highest BCUT2D eigenvalue weighted by molar-refractivity contribution is 9.10. The second-order valence-corrected chi connectivity index (χ2v) is 4.60. The Morgan fingerprint density at radius 1 is 1.39 bits per heavy atom. The van der Waals surface area contributed by atoms with Gasteiger partial charge in [0.25, 0.3) is 0 Å². The molecule has 0 saturated heterocycles. The van der Waals surface area contributed by atoms with E-state index < -0.39 is 0 Å². The van der Waals surface area contributed by atoms with Crippen molar-refractivity contribution in [2.45, 2.75) is 19.9 Å². The molecule has 2 rings (SSSR count). The Labute approximate surface area is 114 Å². The van der Waals surface area contributed by atoms with Crippen molar-refractivity contribution < 1.29 is 4.42 Å². The minimum atomic E-state index is 0.593. The lowest BCUT2D eigenvalue weighted by atomic mass is 10.4. The van der Waals surface area contributed by atoms with Crippen LogP contribution in [0.5, 0.6) is 0 Å². The Morgan fingerprint density at radius 2 is 2.28 bits per heavy atom. The molecule has 0 atom stereocenters. The summed E-state index contributed by atoms with van der Waals surface area (Å²) >= 11 is 3.42. The van der Waals surface area contributed by atoms with E-state index in [-0.39, 0.29) is 0 Å². The number of anilines is 2. The third-order valence-electron chi connectivity index (χ3n) is 2.29. The molecule has 0 bridgehead atoms. The van der Waals surface area contributed by atoms with Gasteiger partial charge in [0, 0.05) is 12.7 Å². The largest absolute Gasteiger partial charge is 0.467 e. The van der Waals surface area contributed by atoms with E-state index in [1.807, 2.05) is 12.1 Å². The predicted molar refractivity (Wildman–Crippen MR) is 74.5 cm³/mol. The van der Waals surface area contributed by atoms with Gasteiger partial charge in [-0.1, -0.05) is 6.92 Å². The molecule has 0 aliphatic carbocycles. The quantitative estimate of drug-likeness (QED) is 0.857. The Balaban J connectivity index is 2.01. The monoisotopic (exact) mass is 310 g/mol. The maximum absolute atomic E-state index is 5.25. The Morgan fingerprint density at radius 3 is 3.00 bits per heavy atom. The van der Waals surface area contributed by atoms with Crippen molar-refractivity contribution in [1.82, 2.24) is 9.97 Å². The molecule has 96 valence electrons. The fourth-order valence-corrected chi connectivity index (χ4v) is 1.73. The molecule has 0 saturated carbocycles. The first-order valence-electron chi connectivity index (χ1n) is 5.82. The number of hydrogen-bond acceptors (Lipinski definition) is 5. The van der Waals surface area contributed by atoms with Crippen molar-refractivity contribution >= 4 is 27.7 Å². The maximum atomic E-state index is 5.25. The molecule has 6 heteroatoms. The molecule has 2 N–H and O–H groups in total. The topological polar surface area (TPSA) is 63.0 Å². The van der Waals surface area contributed by atoms with Gasteiger partial charge >= 0.3 is 0 Å². The molecule has 2 heterocycles. The smallest absolute Gasteiger partial charge is 0.224 e. The third-order valence-corrected chi connectivity index (χ3v) is 2.87. The lowest BCUT2D eigenvalue weighted by Crippen LogP contribution is -2.07. The second-order valence-electron chi connectivity index (χ2n) is 3.75. The van der Waals surface area contributed by atoms with E-state index in [9.17, 15) is 0 Å². The summed E-state index contributed by atoms with van der Waals surface area (Å²) in [5.41, 5.74) is 0. The average molecular weight is 311 g/mol. The van der Waals surface area contributed by atoms with Gasteiger partial charge in [-0.25, -0.2) is 4.98 Å². The summed E-state index contributed by atoms with van der Waals surface area (Å²) in [5.74, 6) is 2.24. The van der Waals surface area contributed by atoms with Crippen molar-refractivity contribution in [3.05, 3.63) is 34.8 Å². The third kappa shape index (κ3) is 3.46. The zero-order valence-electron chi connectivity index (χ0n) is 10.1. The SMILES string of the molecule is CCCNc1ncc(Br)c(NCc2ccco2)n1. The van der Waals surface area contributed by atoms with Gasteiger partial charge in [0.2, 0.25) is 5.95 Å². The molecule has 0 aliphatic heterocycles. The van der Waals surface area contributed by atoms with Crippen LogP contribution >= 0.6 is 15.9 Å². The van der Waals surface area contributed by atoms with Gasteiger partial charge in [-0.15, -0.1) is 0 Å². The van der Waals surface area contributed by atoms with E-state index >= 15 is 0 Å². The molecule has 0 aromatic carbocycles. The number of nitrogens with zero attached hydrogens (tertiary/aromatic N) is 2. The second kappa shape index (κ2) is 6.39. The Kier molecular flexibility index (Phi) is 4.58. The van der Waals surface area contributed by atoms with Crippen LogP contribution in [0.1, 0.15) is 19.1 Å². The first-order valence-corrected chi connectivity index (χ1v) is 6.61. The highest BCUT2D eigenvalue weighted by Gasteiger charge is 2.05. The average Bonchev–Trinajstić information content (AvgIpc) is 2.89. The van der Waals surface area contributed by atoms with Crippen molar-refractivity contribution in [1.29, 1.82) is 0 Å². The summed E-state index contributed by atoms with van der Waals surface area (Å²) in [7, 11) is 0. The van der Waals surface area contributed by atoms with Gasteiger partial charge in [0.15, 0.2) is 0 Å². The Bertz CT molecular complexity index is 487. The van der Waals surface area contributed by atoms with E-state index in [1.165, 1.54) is 0 Å². The summed E-state index contributed by atoms with van der Waals surface area (Å²) in [6, 6.07) is 3.78. The fourth-order valence-electron chi connectivity index (χ4n) is 1.40. The fraction of sp³-hybridized carbons (Fsp3) is 0.333. The van der Waals surface area contributed by atoms with Crippen LogP contribution in [0.2, 0.25) is 0 Å². The van der Waals surface area contributed by atoms with E-state index in [0.717, 1.165) is 29.0 Å². The van der Waals surface area contributed by atoms with Gasteiger partial charge in [0.05, 0.1) is 17.3 Å². The number of hydrogen-bond donors (Lipinski definition) is 2. The van der Waals surface area contributed by atoms with E-state index in [4.69, 9.17) is 4.42 Å². The highest BCUT2D eigenvalue weighted by Crippen LogP contribution is 2.20. The first-order chi connectivity index (χ1) is 8.79. The highest BCUT2D eigenvalue weighted by atomic mass is 79.9. The van der Waals surface area contributed by atoms with Crippen LogP contribution < -0.4 is 10.6 Å². The van der Waals surface area contributed by atoms with E-state index in [1.54, 1.807) is 12.5 Å². The molecule has 18 heavy (non-hydrogen) atoms. The molecule has 5 nitrogen and oxygen atoms in total. The summed E-state index contributed by atoms with van der Waals surface area (Å²) in [5, 5.41) is 6.35. The number of halogens is 1.